The number of aromatic nitrogens is 1. The van der Waals surface area contributed by atoms with E-state index in [0.29, 0.717) is 11.8 Å². The van der Waals surface area contributed by atoms with E-state index in [1.807, 2.05) is 0 Å². The summed E-state index contributed by atoms with van der Waals surface area (Å²) >= 11 is 0. The Labute approximate surface area is 97.1 Å². The van der Waals surface area contributed by atoms with Gasteiger partial charge in [0, 0.05) is 31.5 Å². The first kappa shape index (κ1) is 13.0. The van der Waals surface area contributed by atoms with Gasteiger partial charge in [-0.1, -0.05) is 13.8 Å². The molecule has 2 heterocycles. The monoisotopic (exact) mass is 223 g/mol. The van der Waals surface area contributed by atoms with E-state index >= 15 is 0 Å². The van der Waals surface area contributed by atoms with Gasteiger partial charge in [0.25, 0.3) is 0 Å². The van der Waals surface area contributed by atoms with Crippen LogP contribution < -0.4 is 0 Å². The number of aliphatic hydroxyl groups is 1. The van der Waals surface area contributed by atoms with Crippen molar-refractivity contribution in [3.8, 4) is 0 Å². The second-order valence-corrected chi connectivity index (χ2v) is 5.06. The Morgan fingerprint density at radius 1 is 1.50 bits per heavy atom. The Morgan fingerprint density at radius 2 is 2.12 bits per heavy atom. The molecule has 0 bridgehead atoms. The molecule has 0 spiro atoms. The fraction of sp³-hybridized carbons (Fsp3) is 0.615. The minimum atomic E-state index is 0.362. The van der Waals surface area contributed by atoms with E-state index in [-0.39, 0.29) is 0 Å². The van der Waals surface area contributed by atoms with Crippen LogP contribution in [0.3, 0.4) is 0 Å². The molecular weight excluding hydrogens is 202 g/mol. The van der Waals surface area contributed by atoms with E-state index in [2.05, 4.69) is 31.4 Å². The Morgan fingerprint density at radius 3 is 2.69 bits per heavy atom. The van der Waals surface area contributed by atoms with Crippen molar-refractivity contribution in [1.82, 2.24) is 4.57 Å². The van der Waals surface area contributed by atoms with Gasteiger partial charge in [0.2, 0.25) is 0 Å². The summed E-state index contributed by atoms with van der Waals surface area (Å²) < 4.78 is 2.32. The molecule has 3 heteroatoms. The van der Waals surface area contributed by atoms with Crippen molar-refractivity contribution < 1.29 is 9.90 Å². The lowest BCUT2D eigenvalue weighted by atomic mass is 9.91. The molecule has 2 rings (SSSR count). The third-order valence-corrected chi connectivity index (χ3v) is 3.03. The zero-order valence-corrected chi connectivity index (χ0v) is 10.6. The Hall–Kier alpha value is -1.09. The zero-order chi connectivity index (χ0) is 12.3. The molecule has 1 aliphatic rings. The topological polar surface area (TPSA) is 42.2 Å². The molecule has 0 atom stereocenters. The molecule has 3 nitrogen and oxygen atoms in total. The van der Waals surface area contributed by atoms with Gasteiger partial charge < -0.3 is 14.5 Å². The van der Waals surface area contributed by atoms with E-state index in [4.69, 9.17) is 5.11 Å². The van der Waals surface area contributed by atoms with Crippen molar-refractivity contribution in [3.05, 3.63) is 23.0 Å². The molecule has 1 aromatic rings. The summed E-state index contributed by atoms with van der Waals surface area (Å²) in [6, 6.07) is 2.23. The Bertz CT molecular complexity index is 378. The SMILES string of the molecule is CO.Cc1cc2n(c1CC=O)CC(C)(C)C2. The number of rotatable bonds is 2. The van der Waals surface area contributed by atoms with Crippen LogP contribution >= 0.6 is 0 Å². The molecule has 0 aliphatic carbocycles. The van der Waals surface area contributed by atoms with Crippen molar-refractivity contribution >= 4 is 6.29 Å². The van der Waals surface area contributed by atoms with Crippen LogP contribution in [0.15, 0.2) is 6.07 Å². The standard InChI is InChI=1S/C12H17NO.CH4O/c1-9-6-10-7-12(2,3)8-13(10)11(9)4-5-14;1-2/h5-6H,4,7-8H2,1-3H3;2H,1H3. The maximum Gasteiger partial charge on any atom is 0.125 e. The lowest BCUT2D eigenvalue weighted by molar-refractivity contribution is -0.107. The predicted octanol–water partition coefficient (Wildman–Crippen LogP) is 1.73. The minimum Gasteiger partial charge on any atom is -0.400 e. The van der Waals surface area contributed by atoms with Crippen molar-refractivity contribution in [2.45, 2.75) is 40.2 Å². The van der Waals surface area contributed by atoms with E-state index < -0.39 is 0 Å². The van der Waals surface area contributed by atoms with E-state index in [0.717, 1.165) is 26.4 Å². The van der Waals surface area contributed by atoms with Crippen molar-refractivity contribution in [2.24, 2.45) is 5.41 Å². The fourth-order valence-electron chi connectivity index (χ4n) is 2.47. The van der Waals surface area contributed by atoms with Crippen LogP contribution in [0.4, 0.5) is 0 Å². The van der Waals surface area contributed by atoms with Gasteiger partial charge in [-0.3, -0.25) is 0 Å². The Balaban J connectivity index is 0.000000606. The van der Waals surface area contributed by atoms with Crippen LogP contribution in [-0.4, -0.2) is 23.1 Å². The van der Waals surface area contributed by atoms with Gasteiger partial charge in [0.1, 0.15) is 6.29 Å². The summed E-state index contributed by atoms with van der Waals surface area (Å²) in [4.78, 5) is 10.6. The van der Waals surface area contributed by atoms with E-state index in [9.17, 15) is 4.79 Å². The second kappa shape index (κ2) is 4.83. The number of aliphatic hydroxyl groups excluding tert-OH is 1. The first-order valence-electron chi connectivity index (χ1n) is 5.60. The number of aldehydes is 1. The summed E-state index contributed by atoms with van der Waals surface area (Å²) in [5.41, 5.74) is 4.23. The largest absolute Gasteiger partial charge is 0.400 e. The average Bonchev–Trinajstić information content (AvgIpc) is 2.65. The van der Waals surface area contributed by atoms with E-state index in [1.165, 1.54) is 17.0 Å². The molecule has 0 unspecified atom stereocenters. The number of hydrogen-bond donors (Lipinski definition) is 1. The van der Waals surface area contributed by atoms with Gasteiger partial charge in [-0.15, -0.1) is 0 Å². The second-order valence-electron chi connectivity index (χ2n) is 5.06. The number of nitrogens with zero attached hydrogens (tertiary/aromatic N) is 1. The van der Waals surface area contributed by atoms with Crippen molar-refractivity contribution in [3.63, 3.8) is 0 Å². The quantitative estimate of drug-likeness (QED) is 0.776. The predicted molar refractivity (Wildman–Crippen MR) is 64.6 cm³/mol. The van der Waals surface area contributed by atoms with Crippen LogP contribution in [0.25, 0.3) is 0 Å². The molecule has 16 heavy (non-hydrogen) atoms. The van der Waals surface area contributed by atoms with Crippen LogP contribution in [0, 0.1) is 12.3 Å². The van der Waals surface area contributed by atoms with Crippen molar-refractivity contribution in [2.75, 3.05) is 7.11 Å². The molecule has 0 aromatic carbocycles. The summed E-state index contributed by atoms with van der Waals surface area (Å²) in [5.74, 6) is 0. The Kier molecular flexibility index (Phi) is 3.92. The highest BCUT2D eigenvalue weighted by atomic mass is 16.2. The first-order valence-corrected chi connectivity index (χ1v) is 5.60. The van der Waals surface area contributed by atoms with Gasteiger partial charge in [0.05, 0.1) is 0 Å². The highest BCUT2D eigenvalue weighted by molar-refractivity contribution is 5.55. The summed E-state index contributed by atoms with van der Waals surface area (Å²) in [7, 11) is 1.00. The molecule has 0 radical (unpaired) electrons. The molecule has 0 fully saturated rings. The summed E-state index contributed by atoms with van der Waals surface area (Å²) in [6.07, 6.45) is 2.69. The molecule has 1 aliphatic heterocycles. The highest BCUT2D eigenvalue weighted by Gasteiger charge is 2.30. The number of hydrogen-bond acceptors (Lipinski definition) is 2. The van der Waals surface area contributed by atoms with Crippen LogP contribution in [0.1, 0.15) is 30.8 Å². The van der Waals surface area contributed by atoms with Gasteiger partial charge >= 0.3 is 0 Å². The third-order valence-electron chi connectivity index (χ3n) is 3.03. The van der Waals surface area contributed by atoms with Crippen LogP contribution in [-0.2, 0) is 24.2 Å². The van der Waals surface area contributed by atoms with Gasteiger partial charge in [-0.2, -0.15) is 0 Å². The molecule has 0 saturated heterocycles. The normalized spacial score (nSPS) is 16.3. The maximum absolute atomic E-state index is 10.6. The number of aryl methyl sites for hydroxylation is 1. The molecule has 1 N–H and O–H groups in total. The molecule has 90 valence electrons. The molecule has 1 aromatic heterocycles. The summed E-state index contributed by atoms with van der Waals surface area (Å²) in [5, 5.41) is 7.00. The maximum atomic E-state index is 10.6. The summed E-state index contributed by atoms with van der Waals surface area (Å²) in [6.45, 7) is 7.70. The number of carbonyl (C=O) groups is 1. The first-order chi connectivity index (χ1) is 7.53. The lowest BCUT2D eigenvalue weighted by Gasteiger charge is -2.16. The average molecular weight is 223 g/mol. The number of carbonyl (C=O) groups excluding carboxylic acids is 1. The third kappa shape index (κ3) is 2.35. The molecule has 0 amide bonds. The zero-order valence-electron chi connectivity index (χ0n) is 10.6. The molecule has 0 saturated carbocycles. The number of fused-ring (bicyclic) bond motifs is 1. The fourth-order valence-corrected chi connectivity index (χ4v) is 2.47. The van der Waals surface area contributed by atoms with E-state index in [1.54, 1.807) is 0 Å². The van der Waals surface area contributed by atoms with Crippen molar-refractivity contribution in [1.29, 1.82) is 0 Å². The van der Waals surface area contributed by atoms with Gasteiger partial charge in [0.15, 0.2) is 0 Å². The highest BCUT2D eigenvalue weighted by Crippen LogP contribution is 2.34. The lowest BCUT2D eigenvalue weighted by Crippen LogP contribution is -2.14. The molecular formula is C13H21NO2. The van der Waals surface area contributed by atoms with Gasteiger partial charge in [-0.05, 0) is 30.4 Å². The van der Waals surface area contributed by atoms with Crippen LogP contribution in [0.2, 0.25) is 0 Å². The van der Waals surface area contributed by atoms with Gasteiger partial charge in [-0.25, -0.2) is 0 Å². The van der Waals surface area contributed by atoms with Crippen LogP contribution in [0.5, 0.6) is 0 Å². The minimum absolute atomic E-state index is 0.362. The smallest absolute Gasteiger partial charge is 0.125 e.